The summed E-state index contributed by atoms with van der Waals surface area (Å²) in [7, 11) is 0. The Morgan fingerprint density at radius 1 is 1.32 bits per heavy atom. The van der Waals surface area contributed by atoms with Crippen molar-refractivity contribution in [3.63, 3.8) is 0 Å². The number of nitrogens with one attached hydrogen (secondary N) is 1. The number of aliphatic carboxylic acids is 1. The molecule has 2 rings (SSSR count). The third kappa shape index (κ3) is 5.11. The number of nitrogens with zero attached hydrogens (tertiary/aromatic N) is 1. The maximum atomic E-state index is 12.7. The molecule has 1 aromatic carbocycles. The molecule has 0 spiro atoms. The number of anilines is 1. The molecule has 1 heterocycles. The summed E-state index contributed by atoms with van der Waals surface area (Å²) >= 11 is 0. The maximum absolute atomic E-state index is 12.7. The van der Waals surface area contributed by atoms with E-state index in [9.17, 15) is 22.8 Å². The van der Waals surface area contributed by atoms with Gasteiger partial charge < -0.3 is 15.3 Å². The number of amides is 2. The number of piperidine rings is 1. The Kier molecular flexibility index (Phi) is 5.92. The van der Waals surface area contributed by atoms with E-state index in [1.807, 2.05) is 6.92 Å². The van der Waals surface area contributed by atoms with Crippen LogP contribution in [0.2, 0.25) is 0 Å². The number of halogens is 3. The Balaban J connectivity index is 2.01. The van der Waals surface area contributed by atoms with E-state index in [-0.39, 0.29) is 23.9 Å². The van der Waals surface area contributed by atoms with Gasteiger partial charge in [-0.3, -0.25) is 4.79 Å². The zero-order chi connectivity index (χ0) is 18.6. The van der Waals surface area contributed by atoms with Gasteiger partial charge in [-0.25, -0.2) is 4.79 Å². The van der Waals surface area contributed by atoms with Gasteiger partial charge in [-0.2, -0.15) is 13.2 Å². The first kappa shape index (κ1) is 19.1. The quantitative estimate of drug-likeness (QED) is 0.853. The van der Waals surface area contributed by atoms with E-state index in [2.05, 4.69) is 5.32 Å². The molecule has 2 N–H and O–H groups in total. The highest BCUT2D eigenvalue weighted by Gasteiger charge is 2.33. The van der Waals surface area contributed by atoms with Gasteiger partial charge in [-0.05, 0) is 36.5 Å². The summed E-state index contributed by atoms with van der Waals surface area (Å²) in [5.74, 6) is -0.775. The second-order valence-electron chi connectivity index (χ2n) is 6.27. The molecule has 0 bridgehead atoms. The number of carboxylic acids is 1. The smallest absolute Gasteiger partial charge is 0.416 e. The van der Waals surface area contributed by atoms with E-state index in [4.69, 9.17) is 5.11 Å². The monoisotopic (exact) mass is 358 g/mol. The molecule has 0 radical (unpaired) electrons. The van der Waals surface area contributed by atoms with Crippen LogP contribution in [-0.2, 0) is 11.0 Å². The van der Waals surface area contributed by atoms with Crippen molar-refractivity contribution < 1.29 is 27.9 Å². The second kappa shape index (κ2) is 7.76. The van der Waals surface area contributed by atoms with Gasteiger partial charge in [0.1, 0.15) is 0 Å². The van der Waals surface area contributed by atoms with Crippen molar-refractivity contribution in [1.82, 2.24) is 4.90 Å². The minimum atomic E-state index is -4.47. The number of rotatable bonds is 4. The second-order valence-corrected chi connectivity index (χ2v) is 6.27. The Hall–Kier alpha value is -2.25. The number of carbonyl (C=O) groups excluding carboxylic acids is 1. The average molecular weight is 358 g/mol. The summed E-state index contributed by atoms with van der Waals surface area (Å²) < 4.78 is 38.2. The van der Waals surface area contributed by atoms with E-state index in [1.54, 1.807) is 0 Å². The molecule has 2 amide bonds. The van der Waals surface area contributed by atoms with Crippen LogP contribution in [0.25, 0.3) is 0 Å². The Labute approximate surface area is 143 Å². The molecule has 8 heteroatoms. The largest absolute Gasteiger partial charge is 0.481 e. The SMILES string of the molecule is CCC1CN(C(=O)Nc2cccc(C(F)(F)F)c2)CCC1CC(=O)O. The standard InChI is InChI=1S/C17H21F3N2O3/c1-2-11-10-22(7-6-12(11)8-15(23)24)16(25)21-14-5-3-4-13(9-14)17(18,19)20/h3-5,9,11-12H,2,6-8,10H2,1H3,(H,21,25)(H,23,24). The van der Waals surface area contributed by atoms with E-state index in [0.29, 0.717) is 19.5 Å². The predicted molar refractivity (Wildman–Crippen MR) is 86.2 cm³/mol. The molecule has 1 aliphatic heterocycles. The van der Waals surface area contributed by atoms with Crippen LogP contribution in [0.4, 0.5) is 23.7 Å². The Bertz CT molecular complexity index is 634. The van der Waals surface area contributed by atoms with Crippen LogP contribution < -0.4 is 5.32 Å². The molecule has 0 saturated carbocycles. The molecular formula is C17H21F3N2O3. The molecule has 1 fully saturated rings. The van der Waals surface area contributed by atoms with Gasteiger partial charge in [-0.1, -0.05) is 19.4 Å². The van der Waals surface area contributed by atoms with E-state index >= 15 is 0 Å². The molecule has 2 unspecified atom stereocenters. The van der Waals surface area contributed by atoms with Gasteiger partial charge in [0.15, 0.2) is 0 Å². The lowest BCUT2D eigenvalue weighted by molar-refractivity contribution is -0.139. The zero-order valence-corrected chi connectivity index (χ0v) is 13.8. The number of hydrogen-bond donors (Lipinski definition) is 2. The lowest BCUT2D eigenvalue weighted by atomic mass is 9.82. The summed E-state index contributed by atoms with van der Waals surface area (Å²) in [4.78, 5) is 24.8. The maximum Gasteiger partial charge on any atom is 0.416 e. The van der Waals surface area contributed by atoms with E-state index < -0.39 is 23.7 Å². The fourth-order valence-electron chi connectivity index (χ4n) is 3.20. The first-order valence-electron chi connectivity index (χ1n) is 8.15. The highest BCUT2D eigenvalue weighted by molar-refractivity contribution is 5.89. The van der Waals surface area contributed by atoms with Crippen LogP contribution in [0.3, 0.4) is 0 Å². The fourth-order valence-corrected chi connectivity index (χ4v) is 3.20. The number of carboxylic acid groups (broad SMARTS) is 1. The summed E-state index contributed by atoms with van der Waals surface area (Å²) in [5, 5.41) is 11.5. The topological polar surface area (TPSA) is 69.6 Å². The molecule has 1 aromatic rings. The van der Waals surface area contributed by atoms with Crippen molar-refractivity contribution in [2.24, 2.45) is 11.8 Å². The molecule has 2 atom stereocenters. The molecule has 0 aromatic heterocycles. The molecule has 138 valence electrons. The predicted octanol–water partition coefficient (Wildman–Crippen LogP) is 4.06. The summed E-state index contributed by atoms with van der Waals surface area (Å²) in [6.07, 6.45) is -3.09. The Morgan fingerprint density at radius 3 is 2.64 bits per heavy atom. The number of likely N-dealkylation sites (tertiary alicyclic amines) is 1. The molecule has 1 aliphatic rings. The number of hydrogen-bond acceptors (Lipinski definition) is 2. The summed E-state index contributed by atoms with van der Waals surface area (Å²) in [6, 6.07) is 4.02. The van der Waals surface area contributed by atoms with Gasteiger partial charge >= 0.3 is 18.2 Å². The first-order valence-corrected chi connectivity index (χ1v) is 8.15. The lowest BCUT2D eigenvalue weighted by Gasteiger charge is -2.37. The van der Waals surface area contributed by atoms with Crippen LogP contribution in [-0.4, -0.2) is 35.1 Å². The highest BCUT2D eigenvalue weighted by Crippen LogP contribution is 2.31. The van der Waals surface area contributed by atoms with Crippen LogP contribution in [0.5, 0.6) is 0 Å². The minimum Gasteiger partial charge on any atom is -0.481 e. The third-order valence-corrected chi connectivity index (χ3v) is 4.58. The van der Waals surface area contributed by atoms with Crippen LogP contribution in [0, 0.1) is 11.8 Å². The molecular weight excluding hydrogens is 337 g/mol. The number of benzene rings is 1. The average Bonchev–Trinajstić information content (AvgIpc) is 2.54. The zero-order valence-electron chi connectivity index (χ0n) is 13.8. The van der Waals surface area contributed by atoms with E-state index in [1.165, 1.54) is 17.0 Å². The minimum absolute atomic E-state index is 0.0140. The van der Waals surface area contributed by atoms with Crippen molar-refractivity contribution in [3.8, 4) is 0 Å². The summed E-state index contributed by atoms with van der Waals surface area (Å²) in [5.41, 5.74) is -0.738. The Morgan fingerprint density at radius 2 is 2.04 bits per heavy atom. The van der Waals surface area contributed by atoms with Crippen LogP contribution in [0.1, 0.15) is 31.7 Å². The van der Waals surface area contributed by atoms with Crippen molar-refractivity contribution in [3.05, 3.63) is 29.8 Å². The third-order valence-electron chi connectivity index (χ3n) is 4.58. The van der Waals surface area contributed by atoms with Gasteiger partial charge in [0.25, 0.3) is 0 Å². The van der Waals surface area contributed by atoms with Crippen LogP contribution in [0.15, 0.2) is 24.3 Å². The van der Waals surface area contributed by atoms with Gasteiger partial charge in [0.05, 0.1) is 5.56 Å². The summed E-state index contributed by atoms with van der Waals surface area (Å²) in [6.45, 7) is 2.73. The van der Waals surface area contributed by atoms with Gasteiger partial charge in [-0.15, -0.1) is 0 Å². The first-order chi connectivity index (χ1) is 11.7. The lowest BCUT2D eigenvalue weighted by Crippen LogP contribution is -2.45. The molecule has 0 aliphatic carbocycles. The van der Waals surface area contributed by atoms with Crippen molar-refractivity contribution in [1.29, 1.82) is 0 Å². The number of carbonyl (C=O) groups is 2. The van der Waals surface area contributed by atoms with Crippen molar-refractivity contribution >= 4 is 17.7 Å². The van der Waals surface area contributed by atoms with Crippen molar-refractivity contribution in [2.45, 2.75) is 32.4 Å². The fraction of sp³-hybridized carbons (Fsp3) is 0.529. The van der Waals surface area contributed by atoms with E-state index in [0.717, 1.165) is 18.6 Å². The van der Waals surface area contributed by atoms with Crippen LogP contribution >= 0.6 is 0 Å². The van der Waals surface area contributed by atoms with Gasteiger partial charge in [0, 0.05) is 25.2 Å². The van der Waals surface area contributed by atoms with Crippen molar-refractivity contribution in [2.75, 3.05) is 18.4 Å². The molecule has 5 nitrogen and oxygen atoms in total. The number of alkyl halides is 3. The molecule has 1 saturated heterocycles. The molecule has 25 heavy (non-hydrogen) atoms. The van der Waals surface area contributed by atoms with Gasteiger partial charge in [0.2, 0.25) is 0 Å². The highest BCUT2D eigenvalue weighted by atomic mass is 19.4. The number of urea groups is 1. The normalized spacial score (nSPS) is 21.0.